The molecule has 0 radical (unpaired) electrons. The zero-order valence-corrected chi connectivity index (χ0v) is 17.4. The smallest absolute Gasteiger partial charge is 0.325 e. The van der Waals surface area contributed by atoms with E-state index in [0.717, 1.165) is 11.6 Å². The van der Waals surface area contributed by atoms with E-state index in [1.54, 1.807) is 19.1 Å². The van der Waals surface area contributed by atoms with Crippen molar-refractivity contribution >= 4 is 52.1 Å². The maximum Gasteiger partial charge on any atom is 0.423 e. The third-order valence-electron chi connectivity index (χ3n) is 4.11. The Morgan fingerprint density at radius 2 is 1.71 bits per heavy atom. The summed E-state index contributed by atoms with van der Waals surface area (Å²) in [5, 5.41) is 15.9. The molecule has 12 heteroatoms. The second-order valence-electron chi connectivity index (χ2n) is 6.51. The van der Waals surface area contributed by atoms with Crippen molar-refractivity contribution in [1.29, 1.82) is 0 Å². The minimum atomic E-state index is -5.01. The number of carbonyl (C=O) groups excluding carboxylic acids is 2. The van der Waals surface area contributed by atoms with Gasteiger partial charge in [-0.15, -0.1) is 11.6 Å². The summed E-state index contributed by atoms with van der Waals surface area (Å²) in [4.78, 5) is 34.8. The van der Waals surface area contributed by atoms with Gasteiger partial charge in [0, 0.05) is 28.3 Å². The first-order chi connectivity index (χ1) is 14.4. The fraction of sp³-hybridized carbons (Fsp3) is 0.263. The van der Waals surface area contributed by atoms with Crippen molar-refractivity contribution in [3.05, 3.63) is 62.7 Å². The van der Waals surface area contributed by atoms with E-state index < -0.39 is 40.1 Å². The fourth-order valence-electron chi connectivity index (χ4n) is 2.76. The van der Waals surface area contributed by atoms with Crippen LogP contribution in [-0.4, -0.2) is 22.6 Å². The Labute approximate surface area is 184 Å². The van der Waals surface area contributed by atoms with Gasteiger partial charge in [0.05, 0.1) is 4.92 Å². The summed E-state index contributed by atoms with van der Waals surface area (Å²) >= 11 is 11.6. The third-order valence-corrected chi connectivity index (χ3v) is 4.54. The lowest BCUT2D eigenvalue weighted by atomic mass is 10.0. The van der Waals surface area contributed by atoms with E-state index in [1.807, 2.05) is 0 Å². The number of aryl methyl sites for hydroxylation is 1. The molecule has 2 N–H and O–H groups in total. The molecule has 0 spiro atoms. The second kappa shape index (κ2) is 9.97. The average molecular weight is 478 g/mol. The first-order valence-electron chi connectivity index (χ1n) is 8.73. The van der Waals surface area contributed by atoms with Crippen LogP contribution in [0.3, 0.4) is 0 Å². The summed E-state index contributed by atoms with van der Waals surface area (Å²) in [5.74, 6) is -3.06. The quantitative estimate of drug-likeness (QED) is 0.241. The van der Waals surface area contributed by atoms with E-state index in [9.17, 15) is 32.9 Å². The highest BCUT2D eigenvalue weighted by atomic mass is 35.5. The van der Waals surface area contributed by atoms with E-state index in [0.29, 0.717) is 22.8 Å². The van der Waals surface area contributed by atoms with Crippen molar-refractivity contribution in [2.45, 2.75) is 19.5 Å². The fourth-order valence-corrected chi connectivity index (χ4v) is 3.27. The van der Waals surface area contributed by atoms with Crippen LogP contribution in [0.2, 0.25) is 5.02 Å². The van der Waals surface area contributed by atoms with E-state index in [2.05, 4.69) is 10.6 Å². The molecule has 0 aromatic heterocycles. The number of carbonyl (C=O) groups is 2. The van der Waals surface area contributed by atoms with Gasteiger partial charge in [-0.2, -0.15) is 13.2 Å². The maximum absolute atomic E-state index is 13.1. The van der Waals surface area contributed by atoms with Gasteiger partial charge in [0.1, 0.15) is 11.5 Å². The van der Waals surface area contributed by atoms with Crippen LogP contribution in [0.1, 0.15) is 17.5 Å². The first kappa shape index (κ1) is 24.4. The predicted octanol–water partition coefficient (Wildman–Crippen LogP) is 5.40. The topological polar surface area (TPSA) is 101 Å². The number of nitro groups is 1. The van der Waals surface area contributed by atoms with Crippen LogP contribution in [0, 0.1) is 23.0 Å². The number of benzene rings is 2. The Hall–Kier alpha value is -2.85. The number of anilines is 2. The van der Waals surface area contributed by atoms with Gasteiger partial charge < -0.3 is 10.6 Å². The lowest BCUT2D eigenvalue weighted by Gasteiger charge is -2.17. The number of rotatable bonds is 7. The molecule has 2 aromatic rings. The number of hydrogen-bond acceptors (Lipinski definition) is 4. The number of alkyl halides is 4. The predicted molar refractivity (Wildman–Crippen MR) is 110 cm³/mol. The summed E-state index contributed by atoms with van der Waals surface area (Å²) in [6, 6.07) is 6.75. The van der Waals surface area contributed by atoms with E-state index in [4.69, 9.17) is 23.2 Å². The number of amides is 2. The third kappa shape index (κ3) is 6.56. The minimum Gasteiger partial charge on any atom is -0.325 e. The Kier molecular flexibility index (Phi) is 7.85. The lowest BCUT2D eigenvalue weighted by Crippen LogP contribution is -2.34. The Balaban J connectivity index is 2.25. The Morgan fingerprint density at radius 3 is 2.23 bits per heavy atom. The number of hydrogen-bond donors (Lipinski definition) is 2. The highest BCUT2D eigenvalue weighted by molar-refractivity contribution is 6.31. The summed E-state index contributed by atoms with van der Waals surface area (Å²) in [7, 11) is 0. The van der Waals surface area contributed by atoms with Crippen molar-refractivity contribution in [3.8, 4) is 0 Å². The van der Waals surface area contributed by atoms with Gasteiger partial charge in [0.15, 0.2) is 0 Å². The van der Waals surface area contributed by atoms with Crippen molar-refractivity contribution < 1.29 is 27.7 Å². The van der Waals surface area contributed by atoms with Gasteiger partial charge in [-0.25, -0.2) is 0 Å². The van der Waals surface area contributed by atoms with Gasteiger partial charge in [0.2, 0.25) is 11.8 Å². The highest BCUT2D eigenvalue weighted by Gasteiger charge is 2.38. The number of nitrogens with zero attached hydrogens (tertiary/aromatic N) is 1. The standard InChI is InChI=1S/C19H16Cl2F3N3O4/c1-10-6-11(21)8-13(7-10)26-18(29)14(4-5-20)17(28)25-12-2-3-16(27(30)31)15(9-12)19(22,23)24/h2-3,6-9,14H,4-5H2,1H3,(H,25,28)(H,26,29). The number of nitro benzene ring substituents is 1. The molecule has 2 aromatic carbocycles. The number of halogens is 5. The van der Waals surface area contributed by atoms with Crippen molar-refractivity contribution in [3.63, 3.8) is 0 Å². The first-order valence-corrected chi connectivity index (χ1v) is 9.64. The number of nitrogens with one attached hydrogen (secondary N) is 2. The molecule has 0 aliphatic carbocycles. The average Bonchev–Trinajstić information content (AvgIpc) is 2.64. The molecule has 2 amide bonds. The minimum absolute atomic E-state index is 0.0753. The van der Waals surface area contributed by atoms with E-state index >= 15 is 0 Å². The van der Waals surface area contributed by atoms with Crippen LogP contribution in [0.5, 0.6) is 0 Å². The molecule has 31 heavy (non-hydrogen) atoms. The van der Waals surface area contributed by atoms with Crippen molar-refractivity contribution in [2.75, 3.05) is 16.5 Å². The molecule has 2 rings (SSSR count). The zero-order valence-electron chi connectivity index (χ0n) is 15.9. The summed E-state index contributed by atoms with van der Waals surface area (Å²) < 4.78 is 39.4. The van der Waals surface area contributed by atoms with Gasteiger partial charge in [0.25, 0.3) is 5.69 Å². The molecule has 0 bridgehead atoms. The monoisotopic (exact) mass is 477 g/mol. The molecule has 0 fully saturated rings. The molecule has 0 heterocycles. The molecule has 0 aliphatic rings. The lowest BCUT2D eigenvalue weighted by molar-refractivity contribution is -0.388. The molecular weight excluding hydrogens is 462 g/mol. The molecule has 0 saturated carbocycles. The summed E-state index contributed by atoms with van der Waals surface area (Å²) in [6.07, 6.45) is -5.11. The molecule has 0 saturated heterocycles. The van der Waals surface area contributed by atoms with E-state index in [-0.39, 0.29) is 18.0 Å². The molecule has 0 aliphatic heterocycles. The molecule has 166 valence electrons. The highest BCUT2D eigenvalue weighted by Crippen LogP contribution is 2.37. The molecular formula is C19H16Cl2F3N3O4. The summed E-state index contributed by atoms with van der Waals surface area (Å²) in [5.41, 5.74) is -1.95. The van der Waals surface area contributed by atoms with E-state index in [1.165, 1.54) is 6.07 Å². The van der Waals surface area contributed by atoms with Crippen molar-refractivity contribution in [2.24, 2.45) is 5.92 Å². The Morgan fingerprint density at radius 1 is 1.10 bits per heavy atom. The largest absolute Gasteiger partial charge is 0.423 e. The van der Waals surface area contributed by atoms with Gasteiger partial charge in [-0.3, -0.25) is 19.7 Å². The van der Waals surface area contributed by atoms with Crippen LogP contribution >= 0.6 is 23.2 Å². The van der Waals surface area contributed by atoms with Crippen LogP contribution in [-0.2, 0) is 15.8 Å². The normalized spacial score (nSPS) is 12.2. The van der Waals surface area contributed by atoms with Gasteiger partial charge in [-0.05, 0) is 49.2 Å². The second-order valence-corrected chi connectivity index (χ2v) is 7.33. The van der Waals surface area contributed by atoms with Crippen LogP contribution < -0.4 is 10.6 Å². The van der Waals surface area contributed by atoms with Gasteiger partial charge in [-0.1, -0.05) is 11.6 Å². The maximum atomic E-state index is 13.1. The van der Waals surface area contributed by atoms with Crippen LogP contribution in [0.15, 0.2) is 36.4 Å². The SMILES string of the molecule is Cc1cc(Cl)cc(NC(=O)C(CCCl)C(=O)Nc2ccc([N+](=O)[O-])c(C(F)(F)F)c2)c1. The zero-order chi connectivity index (χ0) is 23.3. The molecule has 7 nitrogen and oxygen atoms in total. The van der Waals surface area contributed by atoms with Crippen molar-refractivity contribution in [1.82, 2.24) is 0 Å². The van der Waals surface area contributed by atoms with Gasteiger partial charge >= 0.3 is 6.18 Å². The Bertz CT molecular complexity index is 995. The van der Waals surface area contributed by atoms with Crippen LogP contribution in [0.4, 0.5) is 30.2 Å². The molecule has 1 unspecified atom stereocenters. The molecule has 1 atom stereocenters. The van der Waals surface area contributed by atoms with Crippen LogP contribution in [0.25, 0.3) is 0 Å². The summed E-state index contributed by atoms with van der Waals surface area (Å²) in [6.45, 7) is 1.75.